The quantitative estimate of drug-likeness (QED) is 0.723. The van der Waals surface area contributed by atoms with Gasteiger partial charge in [0.15, 0.2) is 0 Å². The van der Waals surface area contributed by atoms with Gasteiger partial charge in [0, 0.05) is 23.2 Å². The molecule has 1 aromatic rings. The third-order valence-corrected chi connectivity index (χ3v) is 2.36. The number of hydrogen-bond donors (Lipinski definition) is 0. The molecule has 3 heteroatoms. The lowest BCUT2D eigenvalue weighted by atomic mass is 10.2. The molecule has 0 saturated carbocycles. The number of halogens is 1. The van der Waals surface area contributed by atoms with Crippen molar-refractivity contribution in [3.8, 4) is 0 Å². The molecule has 1 heterocycles. The van der Waals surface area contributed by atoms with Crippen LogP contribution in [0.5, 0.6) is 0 Å². The molecule has 1 aliphatic heterocycles. The zero-order valence-corrected chi connectivity index (χ0v) is 9.50. The van der Waals surface area contributed by atoms with E-state index in [1.807, 2.05) is 12.1 Å². The Balaban J connectivity index is 0.000000165. The van der Waals surface area contributed by atoms with Gasteiger partial charge in [-0.1, -0.05) is 28.1 Å². The molecule has 0 atom stereocenters. The van der Waals surface area contributed by atoms with Crippen molar-refractivity contribution in [2.45, 2.75) is 12.8 Å². The molecule has 1 saturated heterocycles. The molecular weight excluding hydrogens is 244 g/mol. The normalized spacial score (nSPS) is 14.4. The highest BCUT2D eigenvalue weighted by molar-refractivity contribution is 9.10. The summed E-state index contributed by atoms with van der Waals surface area (Å²) in [7, 11) is 0. The smallest absolute Gasteiger partial charge is 0.150 e. The first-order chi connectivity index (χ1) is 6.83. The second-order valence-corrected chi connectivity index (χ2v) is 3.90. The van der Waals surface area contributed by atoms with E-state index in [-0.39, 0.29) is 0 Å². The molecule has 2 rings (SSSR count). The third kappa shape index (κ3) is 4.53. The molecule has 0 N–H and O–H groups in total. The Kier molecular flexibility index (Phi) is 5.49. The van der Waals surface area contributed by atoms with Gasteiger partial charge in [-0.25, -0.2) is 0 Å². The molecule has 1 aromatic carbocycles. The van der Waals surface area contributed by atoms with Gasteiger partial charge in [-0.15, -0.1) is 0 Å². The van der Waals surface area contributed by atoms with Gasteiger partial charge in [0.25, 0.3) is 0 Å². The molecular formula is C11H13BrO2. The van der Waals surface area contributed by atoms with Crippen LogP contribution in [0, 0.1) is 0 Å². The van der Waals surface area contributed by atoms with Crippen LogP contribution in [0.3, 0.4) is 0 Å². The Morgan fingerprint density at radius 3 is 2.07 bits per heavy atom. The highest BCUT2D eigenvalue weighted by Crippen LogP contribution is 2.08. The Bertz CT molecular complexity index is 258. The van der Waals surface area contributed by atoms with Crippen molar-refractivity contribution in [1.29, 1.82) is 0 Å². The van der Waals surface area contributed by atoms with Crippen LogP contribution in [0.1, 0.15) is 23.2 Å². The number of benzene rings is 1. The van der Waals surface area contributed by atoms with E-state index in [4.69, 9.17) is 4.74 Å². The second-order valence-electron chi connectivity index (χ2n) is 2.99. The highest BCUT2D eigenvalue weighted by Gasteiger charge is 1.94. The minimum atomic E-state index is 0.707. The van der Waals surface area contributed by atoms with Crippen molar-refractivity contribution < 1.29 is 9.53 Å². The summed E-state index contributed by atoms with van der Waals surface area (Å²) in [4.78, 5) is 10.1. The summed E-state index contributed by atoms with van der Waals surface area (Å²) in [6.07, 6.45) is 3.38. The molecule has 0 amide bonds. The number of carbonyl (C=O) groups excluding carboxylic acids is 1. The van der Waals surface area contributed by atoms with Gasteiger partial charge in [-0.3, -0.25) is 4.79 Å². The van der Waals surface area contributed by atoms with Crippen LogP contribution in [0.2, 0.25) is 0 Å². The summed E-state index contributed by atoms with van der Waals surface area (Å²) in [6.45, 7) is 2.00. The van der Waals surface area contributed by atoms with E-state index in [0.29, 0.717) is 5.56 Å². The van der Waals surface area contributed by atoms with Crippen LogP contribution >= 0.6 is 15.9 Å². The molecule has 0 bridgehead atoms. The van der Waals surface area contributed by atoms with E-state index in [1.165, 1.54) is 12.8 Å². The SMILES string of the molecule is C1CCOC1.O=Cc1ccc(Br)cc1. The van der Waals surface area contributed by atoms with Crippen molar-refractivity contribution in [3.63, 3.8) is 0 Å². The molecule has 0 spiro atoms. The average molecular weight is 257 g/mol. The molecule has 0 unspecified atom stereocenters. The molecule has 0 aromatic heterocycles. The van der Waals surface area contributed by atoms with Gasteiger partial charge in [-0.05, 0) is 25.0 Å². The van der Waals surface area contributed by atoms with E-state index in [2.05, 4.69) is 15.9 Å². The lowest BCUT2D eigenvalue weighted by molar-refractivity contribution is 0.112. The van der Waals surface area contributed by atoms with Crippen LogP contribution in [-0.2, 0) is 4.74 Å². The van der Waals surface area contributed by atoms with Gasteiger partial charge < -0.3 is 4.74 Å². The van der Waals surface area contributed by atoms with Crippen molar-refractivity contribution >= 4 is 22.2 Å². The van der Waals surface area contributed by atoms with Gasteiger partial charge in [0.2, 0.25) is 0 Å². The molecule has 14 heavy (non-hydrogen) atoms. The van der Waals surface area contributed by atoms with E-state index >= 15 is 0 Å². The average Bonchev–Trinajstić information content (AvgIpc) is 2.77. The minimum Gasteiger partial charge on any atom is -0.381 e. The van der Waals surface area contributed by atoms with E-state index < -0.39 is 0 Å². The van der Waals surface area contributed by atoms with Crippen molar-refractivity contribution in [2.75, 3.05) is 13.2 Å². The lowest BCUT2D eigenvalue weighted by Gasteiger charge is -1.87. The van der Waals surface area contributed by atoms with Crippen LogP contribution in [0.25, 0.3) is 0 Å². The summed E-state index contributed by atoms with van der Waals surface area (Å²) in [6, 6.07) is 7.20. The Labute approximate surface area is 92.4 Å². The summed E-state index contributed by atoms with van der Waals surface area (Å²) < 4.78 is 5.94. The zero-order valence-electron chi connectivity index (χ0n) is 7.91. The first kappa shape index (κ1) is 11.4. The van der Waals surface area contributed by atoms with Crippen molar-refractivity contribution in [2.24, 2.45) is 0 Å². The monoisotopic (exact) mass is 256 g/mol. The van der Waals surface area contributed by atoms with Gasteiger partial charge in [0.1, 0.15) is 6.29 Å². The number of ether oxygens (including phenoxy) is 1. The fourth-order valence-electron chi connectivity index (χ4n) is 1.05. The summed E-state index contributed by atoms with van der Waals surface area (Å²) in [5, 5.41) is 0. The van der Waals surface area contributed by atoms with E-state index in [0.717, 1.165) is 24.0 Å². The van der Waals surface area contributed by atoms with Crippen molar-refractivity contribution in [1.82, 2.24) is 0 Å². The lowest BCUT2D eigenvalue weighted by Crippen LogP contribution is -1.75. The fraction of sp³-hybridized carbons (Fsp3) is 0.364. The van der Waals surface area contributed by atoms with Crippen molar-refractivity contribution in [3.05, 3.63) is 34.3 Å². The van der Waals surface area contributed by atoms with Crippen LogP contribution in [-0.4, -0.2) is 19.5 Å². The minimum absolute atomic E-state index is 0.707. The van der Waals surface area contributed by atoms with Crippen LogP contribution < -0.4 is 0 Å². The largest absolute Gasteiger partial charge is 0.381 e. The molecule has 0 radical (unpaired) electrons. The van der Waals surface area contributed by atoms with E-state index in [1.54, 1.807) is 12.1 Å². The summed E-state index contributed by atoms with van der Waals surface area (Å²) in [5.41, 5.74) is 0.707. The third-order valence-electron chi connectivity index (χ3n) is 1.83. The topological polar surface area (TPSA) is 26.3 Å². The Hall–Kier alpha value is -0.670. The molecule has 1 fully saturated rings. The fourth-order valence-corrected chi connectivity index (χ4v) is 1.32. The molecule has 1 aliphatic rings. The Morgan fingerprint density at radius 1 is 1.14 bits per heavy atom. The van der Waals surface area contributed by atoms with Crippen LogP contribution in [0.4, 0.5) is 0 Å². The first-order valence-electron chi connectivity index (χ1n) is 4.61. The molecule has 76 valence electrons. The zero-order chi connectivity index (χ0) is 10.2. The Morgan fingerprint density at radius 2 is 1.71 bits per heavy atom. The van der Waals surface area contributed by atoms with E-state index in [9.17, 15) is 4.79 Å². The van der Waals surface area contributed by atoms with Gasteiger partial charge in [-0.2, -0.15) is 0 Å². The van der Waals surface area contributed by atoms with Gasteiger partial charge in [0.05, 0.1) is 0 Å². The number of aldehydes is 1. The van der Waals surface area contributed by atoms with Crippen LogP contribution in [0.15, 0.2) is 28.7 Å². The number of rotatable bonds is 1. The van der Waals surface area contributed by atoms with Gasteiger partial charge >= 0.3 is 0 Å². The number of hydrogen-bond acceptors (Lipinski definition) is 2. The maximum absolute atomic E-state index is 10.1. The molecule has 0 aliphatic carbocycles. The highest BCUT2D eigenvalue weighted by atomic mass is 79.9. The first-order valence-corrected chi connectivity index (χ1v) is 5.41. The maximum Gasteiger partial charge on any atom is 0.150 e. The number of carbonyl (C=O) groups is 1. The summed E-state index contributed by atoms with van der Waals surface area (Å²) in [5.74, 6) is 0. The molecule has 2 nitrogen and oxygen atoms in total. The second kappa shape index (κ2) is 6.74. The standard InChI is InChI=1S/C7H5BrO.C4H8O/c8-7-3-1-6(5-9)2-4-7;1-2-4-5-3-1/h1-5H;1-4H2. The summed E-state index contributed by atoms with van der Waals surface area (Å²) >= 11 is 3.26. The predicted octanol–water partition coefficient (Wildman–Crippen LogP) is 3.06. The maximum atomic E-state index is 10.1. The predicted molar refractivity (Wildman–Crippen MR) is 59.6 cm³/mol.